The second-order valence-corrected chi connectivity index (χ2v) is 5.88. The Morgan fingerprint density at radius 3 is 2.52 bits per heavy atom. The quantitative estimate of drug-likeness (QED) is 0.940. The van der Waals surface area contributed by atoms with Gasteiger partial charge in [0.15, 0.2) is 0 Å². The van der Waals surface area contributed by atoms with Crippen molar-refractivity contribution in [1.82, 2.24) is 14.9 Å². The molecule has 5 nitrogen and oxygen atoms in total. The highest BCUT2D eigenvalue weighted by molar-refractivity contribution is 5.92. The molecule has 0 saturated carbocycles. The van der Waals surface area contributed by atoms with Crippen LogP contribution in [0.1, 0.15) is 35.3 Å². The van der Waals surface area contributed by atoms with Gasteiger partial charge in [0.25, 0.3) is 5.91 Å². The molecule has 0 atom stereocenters. The maximum Gasteiger partial charge on any atom is 0.274 e. The molecule has 1 saturated heterocycles. The predicted molar refractivity (Wildman–Crippen MR) is 90.0 cm³/mol. The fourth-order valence-corrected chi connectivity index (χ4v) is 2.88. The number of hydrogen-bond acceptors (Lipinski definition) is 4. The molecule has 2 N–H and O–H groups in total. The summed E-state index contributed by atoms with van der Waals surface area (Å²) in [5.41, 5.74) is 8.89. The van der Waals surface area contributed by atoms with E-state index >= 15 is 0 Å². The van der Waals surface area contributed by atoms with Gasteiger partial charge in [-0.25, -0.2) is 4.98 Å². The largest absolute Gasteiger partial charge is 0.337 e. The first-order valence-corrected chi connectivity index (χ1v) is 8.18. The van der Waals surface area contributed by atoms with Crippen molar-refractivity contribution < 1.29 is 4.79 Å². The zero-order valence-corrected chi connectivity index (χ0v) is 13.2. The van der Waals surface area contributed by atoms with E-state index in [4.69, 9.17) is 5.73 Å². The van der Waals surface area contributed by atoms with Gasteiger partial charge in [-0.1, -0.05) is 24.3 Å². The normalized spacial score (nSPS) is 14.7. The third-order valence-electron chi connectivity index (χ3n) is 4.18. The first-order valence-electron chi connectivity index (χ1n) is 8.18. The second-order valence-electron chi connectivity index (χ2n) is 5.88. The zero-order valence-electron chi connectivity index (χ0n) is 13.2. The molecule has 0 spiro atoms. The molecule has 0 bridgehead atoms. The van der Waals surface area contributed by atoms with Crippen molar-refractivity contribution in [3.05, 3.63) is 47.9 Å². The van der Waals surface area contributed by atoms with E-state index in [1.807, 2.05) is 29.2 Å². The van der Waals surface area contributed by atoms with Crippen LogP contribution in [0.3, 0.4) is 0 Å². The number of nitrogens with zero attached hydrogens (tertiary/aromatic N) is 3. The number of likely N-dealkylation sites (tertiary alicyclic amines) is 1. The smallest absolute Gasteiger partial charge is 0.274 e. The summed E-state index contributed by atoms with van der Waals surface area (Å²) in [7, 11) is 0. The molecule has 1 aromatic carbocycles. The van der Waals surface area contributed by atoms with Crippen molar-refractivity contribution in [3.63, 3.8) is 0 Å². The Balaban J connectivity index is 1.80. The highest BCUT2D eigenvalue weighted by Crippen LogP contribution is 2.18. The lowest BCUT2D eigenvalue weighted by Crippen LogP contribution is -2.36. The van der Waals surface area contributed by atoms with E-state index in [1.54, 1.807) is 12.4 Å². The maximum absolute atomic E-state index is 12.5. The molecule has 120 valence electrons. The topological polar surface area (TPSA) is 72.1 Å². The van der Waals surface area contributed by atoms with Gasteiger partial charge in [0.05, 0.1) is 18.1 Å². The van der Waals surface area contributed by atoms with Crippen molar-refractivity contribution in [2.24, 2.45) is 5.73 Å². The van der Waals surface area contributed by atoms with Gasteiger partial charge in [0.2, 0.25) is 0 Å². The lowest BCUT2D eigenvalue weighted by molar-refractivity contribution is 0.0718. The van der Waals surface area contributed by atoms with Gasteiger partial charge in [-0.05, 0) is 37.8 Å². The number of nitrogens with two attached hydrogens (primary N) is 1. The van der Waals surface area contributed by atoms with Gasteiger partial charge < -0.3 is 10.6 Å². The lowest BCUT2D eigenvalue weighted by Gasteiger charge is -2.26. The van der Waals surface area contributed by atoms with E-state index in [1.165, 1.54) is 12.0 Å². The van der Waals surface area contributed by atoms with Crippen LogP contribution in [0.15, 0.2) is 36.7 Å². The fraction of sp³-hybridized carbons (Fsp3) is 0.389. The Bertz CT molecular complexity index is 663. The summed E-state index contributed by atoms with van der Waals surface area (Å²) in [5.74, 6) is -0.0150. The van der Waals surface area contributed by atoms with E-state index in [0.29, 0.717) is 12.2 Å². The summed E-state index contributed by atoms with van der Waals surface area (Å²) in [6.07, 6.45) is 7.46. The third-order valence-corrected chi connectivity index (χ3v) is 4.18. The minimum Gasteiger partial charge on any atom is -0.337 e. The summed E-state index contributed by atoms with van der Waals surface area (Å²) < 4.78 is 0. The molecular weight excluding hydrogens is 288 g/mol. The Morgan fingerprint density at radius 1 is 1.09 bits per heavy atom. The molecule has 1 aliphatic heterocycles. The Morgan fingerprint density at radius 2 is 1.83 bits per heavy atom. The Kier molecular flexibility index (Phi) is 4.98. The van der Waals surface area contributed by atoms with Crippen LogP contribution in [0, 0.1) is 0 Å². The number of hydrogen-bond donors (Lipinski definition) is 1. The number of aromatic nitrogens is 2. The van der Waals surface area contributed by atoms with Crippen LogP contribution < -0.4 is 5.73 Å². The number of carbonyl (C=O) groups excluding carboxylic acids is 1. The molecular formula is C18H22N4O. The zero-order chi connectivity index (χ0) is 16.1. The second kappa shape index (κ2) is 7.33. The highest BCUT2D eigenvalue weighted by atomic mass is 16.2. The van der Waals surface area contributed by atoms with Gasteiger partial charge in [0.1, 0.15) is 5.69 Å². The molecule has 2 heterocycles. The molecule has 1 amide bonds. The van der Waals surface area contributed by atoms with Crippen LogP contribution in [-0.4, -0.2) is 40.4 Å². The number of benzene rings is 1. The summed E-state index contributed by atoms with van der Waals surface area (Å²) >= 11 is 0. The molecule has 1 fully saturated rings. The molecule has 1 aromatic heterocycles. The first-order chi connectivity index (χ1) is 11.3. The summed E-state index contributed by atoms with van der Waals surface area (Å²) in [4.78, 5) is 23.1. The van der Waals surface area contributed by atoms with Crippen molar-refractivity contribution in [1.29, 1.82) is 0 Å². The molecule has 2 aromatic rings. The number of piperidine rings is 1. The van der Waals surface area contributed by atoms with Crippen LogP contribution in [0.5, 0.6) is 0 Å². The molecule has 5 heteroatoms. The van der Waals surface area contributed by atoms with Gasteiger partial charge in [-0.2, -0.15) is 0 Å². The standard InChI is InChI=1S/C18H22N4O/c19-9-8-14-4-6-15(7-5-14)16-12-20-13-17(21-16)18(23)22-10-2-1-3-11-22/h4-7,12-13H,1-3,8-11,19H2. The monoisotopic (exact) mass is 310 g/mol. The van der Waals surface area contributed by atoms with Gasteiger partial charge in [-0.15, -0.1) is 0 Å². The summed E-state index contributed by atoms with van der Waals surface area (Å²) in [6, 6.07) is 8.10. The number of rotatable bonds is 4. The van der Waals surface area contributed by atoms with Crippen LogP contribution in [0.4, 0.5) is 0 Å². The lowest BCUT2D eigenvalue weighted by atomic mass is 10.1. The van der Waals surface area contributed by atoms with Crippen molar-refractivity contribution >= 4 is 5.91 Å². The van der Waals surface area contributed by atoms with Crippen LogP contribution in [0.25, 0.3) is 11.3 Å². The molecule has 0 unspecified atom stereocenters. The number of carbonyl (C=O) groups is 1. The van der Waals surface area contributed by atoms with E-state index in [9.17, 15) is 4.79 Å². The van der Waals surface area contributed by atoms with E-state index in [2.05, 4.69) is 9.97 Å². The minimum absolute atomic E-state index is 0.0150. The maximum atomic E-state index is 12.5. The van der Waals surface area contributed by atoms with Gasteiger partial charge in [-0.3, -0.25) is 9.78 Å². The molecule has 3 rings (SSSR count). The molecule has 0 aliphatic carbocycles. The Labute approximate surface area is 136 Å². The van der Waals surface area contributed by atoms with Crippen molar-refractivity contribution in [3.8, 4) is 11.3 Å². The highest BCUT2D eigenvalue weighted by Gasteiger charge is 2.20. The van der Waals surface area contributed by atoms with E-state index in [0.717, 1.165) is 43.6 Å². The van der Waals surface area contributed by atoms with Gasteiger partial charge >= 0.3 is 0 Å². The van der Waals surface area contributed by atoms with Crippen LogP contribution in [0.2, 0.25) is 0 Å². The van der Waals surface area contributed by atoms with Crippen molar-refractivity contribution in [2.75, 3.05) is 19.6 Å². The SMILES string of the molecule is NCCc1ccc(-c2cncc(C(=O)N3CCCCC3)n2)cc1. The average Bonchev–Trinajstić information content (AvgIpc) is 2.63. The summed E-state index contributed by atoms with van der Waals surface area (Å²) in [6.45, 7) is 2.27. The average molecular weight is 310 g/mol. The fourth-order valence-electron chi connectivity index (χ4n) is 2.88. The number of amides is 1. The van der Waals surface area contributed by atoms with Gasteiger partial charge in [0, 0.05) is 18.7 Å². The first kappa shape index (κ1) is 15.6. The van der Waals surface area contributed by atoms with E-state index in [-0.39, 0.29) is 5.91 Å². The molecule has 1 aliphatic rings. The predicted octanol–water partition coefficient (Wildman–Crippen LogP) is 2.27. The third kappa shape index (κ3) is 3.74. The molecule has 0 radical (unpaired) electrons. The van der Waals surface area contributed by atoms with Crippen LogP contribution in [-0.2, 0) is 6.42 Å². The van der Waals surface area contributed by atoms with Crippen molar-refractivity contribution in [2.45, 2.75) is 25.7 Å². The van der Waals surface area contributed by atoms with Crippen LogP contribution >= 0.6 is 0 Å². The molecule has 23 heavy (non-hydrogen) atoms. The minimum atomic E-state index is -0.0150. The Hall–Kier alpha value is -2.27. The van der Waals surface area contributed by atoms with E-state index < -0.39 is 0 Å². The summed E-state index contributed by atoms with van der Waals surface area (Å²) in [5, 5.41) is 0.